The minimum atomic E-state index is -4.41. The molecular formula is C19H17F4N5O2. The number of alkyl halides is 3. The van der Waals surface area contributed by atoms with Crippen LogP contribution in [0.5, 0.6) is 5.88 Å². The summed E-state index contributed by atoms with van der Waals surface area (Å²) >= 11 is 0. The number of anilines is 2. The van der Waals surface area contributed by atoms with E-state index < -0.39 is 17.6 Å². The normalized spacial score (nSPS) is 16.8. The van der Waals surface area contributed by atoms with E-state index in [0.29, 0.717) is 18.5 Å². The van der Waals surface area contributed by atoms with E-state index >= 15 is 4.39 Å². The topological polar surface area (TPSA) is 87.3 Å². The third-order valence-electron chi connectivity index (χ3n) is 4.90. The number of nitrogens with zero attached hydrogens (tertiary/aromatic N) is 4. The summed E-state index contributed by atoms with van der Waals surface area (Å²) in [6.07, 6.45) is -1.79. The summed E-state index contributed by atoms with van der Waals surface area (Å²) < 4.78 is 58.4. The largest absolute Gasteiger partial charge is 0.491 e. The van der Waals surface area contributed by atoms with Crippen molar-refractivity contribution in [3.8, 4) is 5.88 Å². The van der Waals surface area contributed by atoms with Crippen LogP contribution in [0.2, 0.25) is 0 Å². The van der Waals surface area contributed by atoms with Gasteiger partial charge in [-0.1, -0.05) is 12.1 Å². The lowest BCUT2D eigenvalue weighted by molar-refractivity contribution is -0.137. The van der Waals surface area contributed by atoms with Gasteiger partial charge in [0.1, 0.15) is 6.33 Å². The average molecular weight is 423 g/mol. The van der Waals surface area contributed by atoms with Crippen LogP contribution in [0.1, 0.15) is 35.8 Å². The maximum atomic E-state index is 15.1. The summed E-state index contributed by atoms with van der Waals surface area (Å²) in [5.41, 5.74) is -0.0703. The smallest absolute Gasteiger partial charge is 0.416 e. The molecule has 1 aliphatic rings. The van der Waals surface area contributed by atoms with Crippen LogP contribution in [0, 0.1) is 5.82 Å². The molecular weight excluding hydrogens is 406 g/mol. The number of aromatic hydroxyl groups is 1. The number of rotatable bonds is 5. The highest BCUT2D eigenvalue weighted by atomic mass is 19.4. The molecule has 3 aromatic rings. The Kier molecular flexibility index (Phi) is 5.18. The Morgan fingerprint density at radius 3 is 2.63 bits per heavy atom. The molecule has 4 rings (SSSR count). The van der Waals surface area contributed by atoms with Gasteiger partial charge >= 0.3 is 6.18 Å². The molecule has 1 unspecified atom stereocenters. The number of hydrogen-bond donors (Lipinski definition) is 2. The Labute approximate surface area is 168 Å². The Hall–Kier alpha value is -3.37. The van der Waals surface area contributed by atoms with Gasteiger partial charge in [0.2, 0.25) is 5.82 Å². The van der Waals surface area contributed by atoms with Gasteiger partial charge in [-0.05, 0) is 35.7 Å². The van der Waals surface area contributed by atoms with Crippen LogP contribution in [0.3, 0.4) is 0 Å². The lowest BCUT2D eigenvalue weighted by Gasteiger charge is -2.27. The highest BCUT2D eigenvalue weighted by Crippen LogP contribution is 2.38. The van der Waals surface area contributed by atoms with E-state index in [4.69, 9.17) is 4.52 Å². The second-order valence-electron chi connectivity index (χ2n) is 6.84. The second-order valence-corrected chi connectivity index (χ2v) is 6.84. The quantitative estimate of drug-likeness (QED) is 0.592. The minimum absolute atomic E-state index is 0.0449. The maximum absolute atomic E-state index is 15.1. The van der Waals surface area contributed by atoms with E-state index in [-0.39, 0.29) is 35.9 Å². The van der Waals surface area contributed by atoms with Crippen LogP contribution in [-0.4, -0.2) is 26.8 Å². The molecule has 1 aromatic carbocycles. The van der Waals surface area contributed by atoms with Crippen molar-refractivity contribution >= 4 is 11.6 Å². The lowest BCUT2D eigenvalue weighted by Crippen LogP contribution is -2.25. The highest BCUT2D eigenvalue weighted by molar-refractivity contribution is 5.53. The van der Waals surface area contributed by atoms with Gasteiger partial charge in [0.05, 0.1) is 18.2 Å². The fourth-order valence-electron chi connectivity index (χ4n) is 3.50. The van der Waals surface area contributed by atoms with Gasteiger partial charge in [-0.15, -0.1) is 0 Å². The van der Waals surface area contributed by atoms with E-state index in [1.54, 1.807) is 4.90 Å². The van der Waals surface area contributed by atoms with Crippen LogP contribution < -0.4 is 10.2 Å². The van der Waals surface area contributed by atoms with Crippen molar-refractivity contribution in [3.05, 3.63) is 59.4 Å². The monoisotopic (exact) mass is 423 g/mol. The fourth-order valence-corrected chi connectivity index (χ4v) is 3.50. The fraction of sp³-hybridized carbons (Fsp3) is 0.316. The SMILES string of the molecule is Oc1cc(CNc2ncnc(N3CCCC3c3ccc(C(F)(F)F)cc3)c2F)on1. The van der Waals surface area contributed by atoms with Crippen molar-refractivity contribution < 1.29 is 27.2 Å². The van der Waals surface area contributed by atoms with Gasteiger partial charge in [0, 0.05) is 12.6 Å². The Morgan fingerprint density at radius 1 is 1.20 bits per heavy atom. The molecule has 0 aliphatic carbocycles. The van der Waals surface area contributed by atoms with Crippen LogP contribution in [0.4, 0.5) is 29.2 Å². The van der Waals surface area contributed by atoms with Gasteiger partial charge in [0.15, 0.2) is 17.4 Å². The van der Waals surface area contributed by atoms with E-state index in [2.05, 4.69) is 20.4 Å². The predicted molar refractivity (Wildman–Crippen MR) is 98.2 cm³/mol. The molecule has 1 atom stereocenters. The maximum Gasteiger partial charge on any atom is 0.416 e. The van der Waals surface area contributed by atoms with Crippen molar-refractivity contribution in [1.29, 1.82) is 0 Å². The first-order valence-electron chi connectivity index (χ1n) is 9.15. The van der Waals surface area contributed by atoms with E-state index in [1.807, 2.05) is 0 Å². The zero-order valence-corrected chi connectivity index (χ0v) is 15.5. The number of nitrogens with one attached hydrogen (secondary N) is 1. The zero-order valence-electron chi connectivity index (χ0n) is 15.5. The Balaban J connectivity index is 1.55. The molecule has 0 amide bonds. The van der Waals surface area contributed by atoms with Crippen molar-refractivity contribution in [2.45, 2.75) is 31.6 Å². The van der Waals surface area contributed by atoms with Crippen molar-refractivity contribution in [2.75, 3.05) is 16.8 Å². The molecule has 2 N–H and O–H groups in total. The van der Waals surface area contributed by atoms with E-state index in [9.17, 15) is 18.3 Å². The van der Waals surface area contributed by atoms with E-state index in [0.717, 1.165) is 18.6 Å². The molecule has 7 nitrogen and oxygen atoms in total. The lowest BCUT2D eigenvalue weighted by atomic mass is 10.0. The number of halogens is 4. The summed E-state index contributed by atoms with van der Waals surface area (Å²) in [4.78, 5) is 9.68. The molecule has 158 valence electrons. The molecule has 3 heterocycles. The number of benzene rings is 1. The summed E-state index contributed by atoms with van der Waals surface area (Å²) in [6.45, 7) is 0.554. The van der Waals surface area contributed by atoms with Gasteiger partial charge in [-0.25, -0.2) is 9.97 Å². The molecule has 0 saturated carbocycles. The molecule has 1 fully saturated rings. The Morgan fingerprint density at radius 2 is 1.97 bits per heavy atom. The standard InChI is InChI=1S/C19H17F4N5O2/c20-16-17(24-9-13-8-15(29)27-30-13)25-10-26-18(16)28-7-1-2-14(28)11-3-5-12(6-4-11)19(21,22)23/h3-6,8,10,14H,1-2,7,9H2,(H,27,29)(H,24,25,26). The molecule has 1 saturated heterocycles. The summed E-state index contributed by atoms with van der Waals surface area (Å²) in [7, 11) is 0. The first-order chi connectivity index (χ1) is 14.3. The molecule has 1 aliphatic heterocycles. The first kappa shape index (κ1) is 19.9. The highest BCUT2D eigenvalue weighted by Gasteiger charge is 2.33. The summed E-state index contributed by atoms with van der Waals surface area (Å²) in [5.74, 6) is -0.674. The number of aromatic nitrogens is 3. The van der Waals surface area contributed by atoms with Crippen LogP contribution in [0.25, 0.3) is 0 Å². The summed E-state index contributed by atoms with van der Waals surface area (Å²) in [6, 6.07) is 5.88. The average Bonchev–Trinajstić information content (AvgIpc) is 3.36. The molecule has 0 radical (unpaired) electrons. The second kappa shape index (κ2) is 7.81. The van der Waals surface area contributed by atoms with Crippen LogP contribution in [-0.2, 0) is 12.7 Å². The van der Waals surface area contributed by atoms with E-state index in [1.165, 1.54) is 24.5 Å². The molecule has 0 spiro atoms. The third-order valence-corrected chi connectivity index (χ3v) is 4.90. The molecule has 11 heteroatoms. The Bertz CT molecular complexity index is 1020. The van der Waals surface area contributed by atoms with Crippen LogP contribution >= 0.6 is 0 Å². The number of hydrogen-bond acceptors (Lipinski definition) is 7. The first-order valence-corrected chi connectivity index (χ1v) is 9.15. The van der Waals surface area contributed by atoms with Crippen molar-refractivity contribution in [3.63, 3.8) is 0 Å². The predicted octanol–water partition coefficient (Wildman–Crippen LogP) is 4.28. The molecule has 30 heavy (non-hydrogen) atoms. The zero-order chi connectivity index (χ0) is 21.3. The van der Waals surface area contributed by atoms with Crippen molar-refractivity contribution in [2.24, 2.45) is 0 Å². The van der Waals surface area contributed by atoms with Gasteiger partial charge in [-0.3, -0.25) is 0 Å². The van der Waals surface area contributed by atoms with Gasteiger partial charge in [-0.2, -0.15) is 17.6 Å². The third kappa shape index (κ3) is 4.00. The minimum Gasteiger partial charge on any atom is -0.491 e. The van der Waals surface area contributed by atoms with Crippen LogP contribution in [0.15, 0.2) is 41.2 Å². The molecule has 2 aromatic heterocycles. The van der Waals surface area contributed by atoms with Gasteiger partial charge < -0.3 is 19.8 Å². The molecule has 0 bridgehead atoms. The van der Waals surface area contributed by atoms with Crippen molar-refractivity contribution in [1.82, 2.24) is 15.1 Å². The summed E-state index contributed by atoms with van der Waals surface area (Å²) in [5, 5.41) is 15.3. The van der Waals surface area contributed by atoms with Gasteiger partial charge in [0.25, 0.3) is 5.88 Å².